The van der Waals surface area contributed by atoms with Crippen LogP contribution < -0.4 is 5.32 Å². The van der Waals surface area contributed by atoms with Gasteiger partial charge >= 0.3 is 0 Å². The monoisotopic (exact) mass is 352 g/mol. The van der Waals surface area contributed by atoms with Crippen LogP contribution in [0, 0.1) is 5.92 Å². The first-order valence-electron chi connectivity index (χ1n) is 9.86. The van der Waals surface area contributed by atoms with Crippen molar-refractivity contribution in [3.63, 3.8) is 0 Å². The standard InChI is InChI=1S/C21H28N4O/c1-2-10-24-15-16(14-23-24)13-22-21(26)18-12-20(17-7-4-3-5-8-17)25-11-6-9-19(18)25/h3-5,7-8,14-15,18-20H,2,6,9-13H2,1H3,(H,22,26)/t18-,19+,20-/m1/s1. The van der Waals surface area contributed by atoms with Gasteiger partial charge in [-0.15, -0.1) is 0 Å². The van der Waals surface area contributed by atoms with Gasteiger partial charge in [0.05, 0.1) is 12.1 Å². The van der Waals surface area contributed by atoms with E-state index in [0.29, 0.717) is 18.6 Å². The normalized spacial score (nSPS) is 25.3. The summed E-state index contributed by atoms with van der Waals surface area (Å²) >= 11 is 0. The van der Waals surface area contributed by atoms with E-state index in [-0.39, 0.29) is 11.8 Å². The molecule has 1 aromatic heterocycles. The van der Waals surface area contributed by atoms with E-state index in [9.17, 15) is 4.79 Å². The van der Waals surface area contributed by atoms with Gasteiger partial charge in [-0.2, -0.15) is 5.10 Å². The number of carbonyl (C=O) groups excluding carboxylic acids is 1. The maximum absolute atomic E-state index is 12.9. The van der Waals surface area contributed by atoms with Crippen LogP contribution in [0.5, 0.6) is 0 Å². The summed E-state index contributed by atoms with van der Waals surface area (Å²) in [7, 11) is 0. The van der Waals surface area contributed by atoms with Crippen LogP contribution in [0.15, 0.2) is 42.7 Å². The highest BCUT2D eigenvalue weighted by Gasteiger charge is 2.46. The molecule has 2 aliphatic heterocycles. The lowest BCUT2D eigenvalue weighted by molar-refractivity contribution is -0.125. The summed E-state index contributed by atoms with van der Waals surface area (Å²) in [5.41, 5.74) is 2.42. The van der Waals surface area contributed by atoms with Crippen LogP contribution in [-0.4, -0.2) is 33.2 Å². The van der Waals surface area contributed by atoms with E-state index < -0.39 is 0 Å². The Morgan fingerprint density at radius 2 is 2.15 bits per heavy atom. The Morgan fingerprint density at radius 1 is 1.31 bits per heavy atom. The van der Waals surface area contributed by atoms with Gasteiger partial charge in [0.2, 0.25) is 5.91 Å². The summed E-state index contributed by atoms with van der Waals surface area (Å²) < 4.78 is 1.95. The summed E-state index contributed by atoms with van der Waals surface area (Å²) in [4.78, 5) is 15.5. The summed E-state index contributed by atoms with van der Waals surface area (Å²) in [5.74, 6) is 0.289. The largest absolute Gasteiger partial charge is 0.352 e. The number of aromatic nitrogens is 2. The average Bonchev–Trinajstić information content (AvgIpc) is 3.37. The topological polar surface area (TPSA) is 50.2 Å². The molecule has 0 unspecified atom stereocenters. The quantitative estimate of drug-likeness (QED) is 0.869. The number of nitrogens with zero attached hydrogens (tertiary/aromatic N) is 3. The highest BCUT2D eigenvalue weighted by molar-refractivity contribution is 5.80. The number of hydrogen-bond acceptors (Lipinski definition) is 3. The van der Waals surface area contributed by atoms with Crippen molar-refractivity contribution >= 4 is 5.91 Å². The van der Waals surface area contributed by atoms with E-state index in [4.69, 9.17) is 0 Å². The molecule has 5 nitrogen and oxygen atoms in total. The minimum atomic E-state index is 0.0911. The van der Waals surface area contributed by atoms with E-state index in [1.54, 1.807) is 0 Å². The minimum Gasteiger partial charge on any atom is -0.352 e. The molecule has 0 radical (unpaired) electrons. The van der Waals surface area contributed by atoms with E-state index in [1.807, 2.05) is 17.1 Å². The zero-order chi connectivity index (χ0) is 17.9. The van der Waals surface area contributed by atoms with Gasteiger partial charge in [-0.25, -0.2) is 0 Å². The third kappa shape index (κ3) is 3.40. The van der Waals surface area contributed by atoms with Gasteiger partial charge in [-0.05, 0) is 37.8 Å². The fourth-order valence-electron chi connectivity index (χ4n) is 4.62. The second kappa shape index (κ2) is 7.62. The first-order chi connectivity index (χ1) is 12.8. The fraction of sp³-hybridized carbons (Fsp3) is 0.524. The van der Waals surface area contributed by atoms with Crippen LogP contribution in [0.25, 0.3) is 0 Å². The highest BCUT2D eigenvalue weighted by Crippen LogP contribution is 2.44. The molecule has 1 aromatic carbocycles. The minimum absolute atomic E-state index is 0.0911. The Morgan fingerprint density at radius 3 is 2.96 bits per heavy atom. The van der Waals surface area contributed by atoms with Crippen molar-refractivity contribution in [2.75, 3.05) is 6.54 Å². The lowest BCUT2D eigenvalue weighted by Crippen LogP contribution is -2.37. The molecule has 3 heterocycles. The summed E-state index contributed by atoms with van der Waals surface area (Å²) in [5, 5.41) is 7.51. The molecule has 26 heavy (non-hydrogen) atoms. The van der Waals surface area contributed by atoms with Gasteiger partial charge in [-0.1, -0.05) is 37.3 Å². The van der Waals surface area contributed by atoms with Gasteiger partial charge in [0, 0.05) is 36.9 Å². The van der Waals surface area contributed by atoms with Crippen molar-refractivity contribution in [1.29, 1.82) is 0 Å². The molecule has 0 bridgehead atoms. The Bertz CT molecular complexity index is 741. The smallest absolute Gasteiger partial charge is 0.225 e. The molecule has 2 saturated heterocycles. The molecule has 1 N–H and O–H groups in total. The zero-order valence-electron chi connectivity index (χ0n) is 15.5. The predicted molar refractivity (Wildman–Crippen MR) is 101 cm³/mol. The maximum atomic E-state index is 12.9. The van der Waals surface area contributed by atoms with Gasteiger partial charge in [0.1, 0.15) is 0 Å². The first kappa shape index (κ1) is 17.3. The molecule has 5 heteroatoms. The SMILES string of the molecule is CCCn1cc(CNC(=O)[C@@H]2C[C@H](c3ccccc3)N3CCC[C@@H]23)cn1. The third-order valence-corrected chi connectivity index (χ3v) is 5.81. The first-order valence-corrected chi connectivity index (χ1v) is 9.86. The van der Waals surface area contributed by atoms with Crippen LogP contribution in [0.1, 0.15) is 49.8 Å². The number of carbonyl (C=O) groups is 1. The van der Waals surface area contributed by atoms with E-state index in [1.165, 1.54) is 12.0 Å². The fourth-order valence-corrected chi connectivity index (χ4v) is 4.62. The van der Waals surface area contributed by atoms with Gasteiger partial charge in [0.25, 0.3) is 0 Å². The van der Waals surface area contributed by atoms with Crippen LogP contribution in [-0.2, 0) is 17.9 Å². The lowest BCUT2D eigenvalue weighted by Gasteiger charge is -2.24. The Labute approximate surface area is 155 Å². The predicted octanol–water partition coefficient (Wildman–Crippen LogP) is 3.13. The van der Waals surface area contributed by atoms with Gasteiger partial charge in [0.15, 0.2) is 0 Å². The van der Waals surface area contributed by atoms with Crippen LogP contribution in [0.4, 0.5) is 0 Å². The van der Waals surface area contributed by atoms with Crippen molar-refractivity contribution in [3.8, 4) is 0 Å². The lowest BCUT2D eigenvalue weighted by atomic mass is 9.93. The molecule has 2 aliphatic rings. The van der Waals surface area contributed by atoms with E-state index in [0.717, 1.165) is 37.9 Å². The number of benzene rings is 1. The summed E-state index contributed by atoms with van der Waals surface area (Å²) in [6.07, 6.45) is 8.22. The van der Waals surface area contributed by atoms with Crippen molar-refractivity contribution in [2.24, 2.45) is 5.92 Å². The molecule has 138 valence electrons. The molecule has 0 saturated carbocycles. The third-order valence-electron chi connectivity index (χ3n) is 5.81. The molecule has 3 atom stereocenters. The van der Waals surface area contributed by atoms with Crippen LogP contribution >= 0.6 is 0 Å². The second-order valence-electron chi connectivity index (χ2n) is 7.55. The maximum Gasteiger partial charge on any atom is 0.225 e. The summed E-state index contributed by atoms with van der Waals surface area (Å²) in [6, 6.07) is 11.4. The number of fused-ring (bicyclic) bond motifs is 1. The van der Waals surface area contributed by atoms with Crippen LogP contribution in [0.2, 0.25) is 0 Å². The van der Waals surface area contributed by atoms with Gasteiger partial charge in [-0.3, -0.25) is 14.4 Å². The van der Waals surface area contributed by atoms with E-state index >= 15 is 0 Å². The summed E-state index contributed by atoms with van der Waals surface area (Å²) in [6.45, 7) is 4.74. The molecule has 0 spiro atoms. The molecule has 0 aliphatic carbocycles. The molecular formula is C21H28N4O. The number of rotatable bonds is 6. The number of aryl methyl sites for hydroxylation is 1. The molecule has 4 rings (SSSR count). The number of nitrogens with one attached hydrogen (secondary N) is 1. The van der Waals surface area contributed by atoms with Gasteiger partial charge < -0.3 is 5.32 Å². The Balaban J connectivity index is 1.41. The average molecular weight is 352 g/mol. The van der Waals surface area contributed by atoms with Crippen molar-refractivity contribution in [2.45, 2.75) is 57.8 Å². The Hall–Kier alpha value is -2.14. The van der Waals surface area contributed by atoms with Crippen molar-refractivity contribution < 1.29 is 4.79 Å². The number of hydrogen-bond donors (Lipinski definition) is 1. The van der Waals surface area contributed by atoms with Crippen molar-refractivity contribution in [1.82, 2.24) is 20.0 Å². The Kier molecular flexibility index (Phi) is 5.07. The molecule has 2 aromatic rings. The van der Waals surface area contributed by atoms with E-state index in [2.05, 4.69) is 52.6 Å². The number of amides is 1. The zero-order valence-corrected chi connectivity index (χ0v) is 15.5. The molecule has 2 fully saturated rings. The molecule has 1 amide bonds. The van der Waals surface area contributed by atoms with Crippen molar-refractivity contribution in [3.05, 3.63) is 53.9 Å². The van der Waals surface area contributed by atoms with Crippen LogP contribution in [0.3, 0.4) is 0 Å². The highest BCUT2D eigenvalue weighted by atomic mass is 16.2. The molecular weight excluding hydrogens is 324 g/mol. The second-order valence-corrected chi connectivity index (χ2v) is 7.55.